The molecule has 3 fully saturated rings. The van der Waals surface area contributed by atoms with Crippen LogP contribution in [-0.2, 0) is 27.1 Å². The van der Waals surface area contributed by atoms with Gasteiger partial charge in [0.15, 0.2) is 0 Å². The van der Waals surface area contributed by atoms with Crippen molar-refractivity contribution in [1.29, 1.82) is 0 Å². The monoisotopic (exact) mass is 431 g/mol. The molecule has 7 nitrogen and oxygen atoms in total. The van der Waals surface area contributed by atoms with E-state index in [1.807, 2.05) is 0 Å². The molecular formula is C19H21F4N3O4. The van der Waals surface area contributed by atoms with Gasteiger partial charge in [0.2, 0.25) is 5.91 Å². The van der Waals surface area contributed by atoms with Crippen LogP contribution in [0.25, 0.3) is 0 Å². The summed E-state index contributed by atoms with van der Waals surface area (Å²) in [6, 6.07) is 1.93. The average molecular weight is 431 g/mol. The van der Waals surface area contributed by atoms with Gasteiger partial charge in [-0.25, -0.2) is 9.18 Å². The summed E-state index contributed by atoms with van der Waals surface area (Å²) in [5.74, 6) is -1.17. The highest BCUT2D eigenvalue weighted by Gasteiger charge is 2.40. The first-order chi connectivity index (χ1) is 14.2. The maximum Gasteiger partial charge on any atom is 0.416 e. The number of halogens is 4. The van der Waals surface area contributed by atoms with Crippen molar-refractivity contribution in [2.75, 3.05) is 32.8 Å². The van der Waals surface area contributed by atoms with E-state index in [2.05, 4.69) is 5.32 Å². The molecule has 1 aromatic rings. The van der Waals surface area contributed by atoms with Crippen molar-refractivity contribution in [2.24, 2.45) is 0 Å². The number of likely N-dealkylation sites (tertiary alicyclic amines) is 2. The maximum absolute atomic E-state index is 13.9. The molecule has 0 aliphatic carbocycles. The van der Waals surface area contributed by atoms with Gasteiger partial charge in [-0.1, -0.05) is 6.07 Å². The van der Waals surface area contributed by atoms with E-state index in [9.17, 15) is 27.2 Å². The van der Waals surface area contributed by atoms with Crippen molar-refractivity contribution in [3.63, 3.8) is 0 Å². The first-order valence-electron chi connectivity index (χ1n) is 9.63. The number of hydrogen-bond donors (Lipinski definition) is 1. The second-order valence-corrected chi connectivity index (χ2v) is 7.68. The van der Waals surface area contributed by atoms with Crippen LogP contribution >= 0.6 is 0 Å². The van der Waals surface area contributed by atoms with Crippen LogP contribution in [0.3, 0.4) is 0 Å². The molecule has 0 bridgehead atoms. The summed E-state index contributed by atoms with van der Waals surface area (Å²) in [7, 11) is 0. The van der Waals surface area contributed by atoms with E-state index in [-0.39, 0.29) is 49.0 Å². The Bertz CT molecular complexity index is 828. The number of morpholine rings is 1. The number of alkyl halides is 3. The van der Waals surface area contributed by atoms with E-state index in [1.165, 1.54) is 0 Å². The molecule has 0 radical (unpaired) electrons. The molecule has 0 saturated carbocycles. The van der Waals surface area contributed by atoms with E-state index < -0.39 is 17.6 Å². The quantitative estimate of drug-likeness (QED) is 0.741. The summed E-state index contributed by atoms with van der Waals surface area (Å²) < 4.78 is 62.7. The molecule has 3 amide bonds. The Morgan fingerprint density at radius 2 is 2.00 bits per heavy atom. The largest absolute Gasteiger partial charge is 0.416 e. The van der Waals surface area contributed by atoms with Gasteiger partial charge in [-0.2, -0.15) is 13.2 Å². The molecule has 30 heavy (non-hydrogen) atoms. The number of carbonyl (C=O) groups excluding carboxylic acids is 2. The molecule has 4 rings (SSSR count). The molecule has 1 N–H and O–H groups in total. The minimum absolute atomic E-state index is 0.0305. The topological polar surface area (TPSA) is 71.1 Å². The molecule has 3 saturated heterocycles. The summed E-state index contributed by atoms with van der Waals surface area (Å²) in [6.45, 7) is 1.39. The molecule has 2 atom stereocenters. The number of nitrogens with one attached hydrogen (secondary N) is 1. The molecule has 3 heterocycles. The molecule has 0 aromatic heterocycles. The lowest BCUT2D eigenvalue weighted by molar-refractivity contribution is -0.140. The average Bonchev–Trinajstić information content (AvgIpc) is 2.66. The third-order valence-electron chi connectivity index (χ3n) is 5.57. The molecular weight excluding hydrogens is 410 g/mol. The zero-order valence-electron chi connectivity index (χ0n) is 16.0. The van der Waals surface area contributed by atoms with Crippen molar-refractivity contribution >= 4 is 11.9 Å². The highest BCUT2D eigenvalue weighted by atomic mass is 19.4. The number of amides is 3. The third kappa shape index (κ3) is 4.36. The van der Waals surface area contributed by atoms with Crippen LogP contribution in [0, 0.1) is 5.82 Å². The van der Waals surface area contributed by atoms with Gasteiger partial charge < -0.3 is 24.6 Å². The zero-order valence-corrected chi connectivity index (χ0v) is 16.0. The van der Waals surface area contributed by atoms with Crippen LogP contribution in [-0.4, -0.2) is 72.8 Å². The molecule has 1 aromatic carbocycles. The Morgan fingerprint density at radius 1 is 1.23 bits per heavy atom. The zero-order chi connectivity index (χ0) is 21.5. The fourth-order valence-electron chi connectivity index (χ4n) is 3.82. The van der Waals surface area contributed by atoms with Gasteiger partial charge in [0.25, 0.3) is 0 Å². The molecule has 3 aliphatic heterocycles. The number of ether oxygens (including phenoxy) is 2. The standard InChI is InChI=1S/C19H21F4N3O4/c20-14-5-12(19(21,22)23)2-1-11(14)9-29-13-6-26(7-13)18(28)25-4-3-16-15(8-25)24-17(27)10-30-16/h1-2,5,13,15-16H,3-4,6-10H2,(H,24,27)/t15-,16+/m1/s1. The fraction of sp³-hybridized carbons (Fsp3) is 0.579. The first kappa shape index (κ1) is 20.9. The van der Waals surface area contributed by atoms with E-state index in [0.717, 1.165) is 12.1 Å². The van der Waals surface area contributed by atoms with Crippen LogP contribution in [0.5, 0.6) is 0 Å². The minimum Gasteiger partial charge on any atom is -0.370 e. The summed E-state index contributed by atoms with van der Waals surface area (Å²) in [5.41, 5.74) is -1.02. The number of carbonyl (C=O) groups is 2. The minimum atomic E-state index is -4.60. The Hall–Kier alpha value is -2.40. The highest BCUT2D eigenvalue weighted by molar-refractivity contribution is 5.79. The summed E-state index contributed by atoms with van der Waals surface area (Å²) in [6.07, 6.45) is -4.36. The van der Waals surface area contributed by atoms with Gasteiger partial charge in [-0.05, 0) is 18.6 Å². The SMILES string of the molecule is O=C1CO[C@H]2CCN(C(=O)N3CC(OCc4ccc(C(F)(F)F)cc4F)C3)C[C@H]2N1. The Balaban J connectivity index is 1.23. The van der Waals surface area contributed by atoms with Gasteiger partial charge in [0.05, 0.1) is 43.5 Å². The molecule has 164 valence electrons. The number of fused-ring (bicyclic) bond motifs is 1. The van der Waals surface area contributed by atoms with E-state index in [1.54, 1.807) is 9.80 Å². The third-order valence-corrected chi connectivity index (χ3v) is 5.57. The molecule has 3 aliphatic rings. The molecule has 11 heteroatoms. The maximum atomic E-state index is 13.9. The predicted octanol–water partition coefficient (Wildman–Crippen LogP) is 1.75. The summed E-state index contributed by atoms with van der Waals surface area (Å²) in [4.78, 5) is 27.3. The second kappa shape index (κ2) is 8.03. The van der Waals surface area contributed by atoms with Crippen LogP contribution in [0.1, 0.15) is 17.5 Å². The smallest absolute Gasteiger partial charge is 0.370 e. The predicted molar refractivity (Wildman–Crippen MR) is 94.8 cm³/mol. The number of nitrogens with zero attached hydrogens (tertiary/aromatic N) is 2. The van der Waals surface area contributed by atoms with Crippen LogP contribution in [0.2, 0.25) is 0 Å². The van der Waals surface area contributed by atoms with E-state index >= 15 is 0 Å². The van der Waals surface area contributed by atoms with Gasteiger partial charge >= 0.3 is 12.2 Å². The van der Waals surface area contributed by atoms with E-state index in [0.29, 0.717) is 38.7 Å². The summed E-state index contributed by atoms with van der Waals surface area (Å²) >= 11 is 0. The normalized spacial score (nSPS) is 24.9. The fourth-order valence-corrected chi connectivity index (χ4v) is 3.82. The van der Waals surface area contributed by atoms with E-state index in [4.69, 9.17) is 9.47 Å². The Kier molecular flexibility index (Phi) is 5.58. The Labute approximate surface area is 169 Å². The van der Waals surface area contributed by atoms with Gasteiger partial charge in [-0.15, -0.1) is 0 Å². The van der Waals surface area contributed by atoms with Gasteiger partial charge in [0, 0.05) is 18.7 Å². The van der Waals surface area contributed by atoms with Crippen molar-refractivity contribution in [3.8, 4) is 0 Å². The Morgan fingerprint density at radius 3 is 2.70 bits per heavy atom. The van der Waals surface area contributed by atoms with Gasteiger partial charge in [0.1, 0.15) is 12.4 Å². The first-order valence-corrected chi connectivity index (χ1v) is 9.63. The number of rotatable bonds is 3. The number of hydrogen-bond acceptors (Lipinski definition) is 4. The van der Waals surface area contributed by atoms with Crippen LogP contribution in [0.15, 0.2) is 18.2 Å². The van der Waals surface area contributed by atoms with Crippen molar-refractivity contribution in [3.05, 3.63) is 35.1 Å². The number of benzene rings is 1. The number of urea groups is 1. The van der Waals surface area contributed by atoms with Crippen LogP contribution in [0.4, 0.5) is 22.4 Å². The van der Waals surface area contributed by atoms with Gasteiger partial charge in [-0.3, -0.25) is 4.79 Å². The highest BCUT2D eigenvalue weighted by Crippen LogP contribution is 2.30. The number of piperidine rings is 1. The lowest BCUT2D eigenvalue weighted by atomic mass is 10.0. The molecule has 0 unspecified atom stereocenters. The molecule has 0 spiro atoms. The van der Waals surface area contributed by atoms with Crippen molar-refractivity contribution in [2.45, 2.75) is 37.5 Å². The second-order valence-electron chi connectivity index (χ2n) is 7.68. The summed E-state index contributed by atoms with van der Waals surface area (Å²) in [5, 5.41) is 2.84. The lowest BCUT2D eigenvalue weighted by Crippen LogP contribution is -2.65. The van der Waals surface area contributed by atoms with Crippen molar-refractivity contribution < 1.29 is 36.6 Å². The lowest BCUT2D eigenvalue weighted by Gasteiger charge is -2.45. The van der Waals surface area contributed by atoms with Crippen molar-refractivity contribution in [1.82, 2.24) is 15.1 Å². The van der Waals surface area contributed by atoms with Crippen LogP contribution < -0.4 is 5.32 Å².